The highest BCUT2D eigenvalue weighted by Gasteiger charge is 2.40. The number of nitrogens with zero attached hydrogens (tertiary/aromatic N) is 2. The first-order valence-corrected chi connectivity index (χ1v) is 11.5. The van der Waals surface area contributed by atoms with E-state index in [4.69, 9.17) is 4.74 Å². The molecule has 0 radical (unpaired) electrons. The summed E-state index contributed by atoms with van der Waals surface area (Å²) < 4.78 is 19.3. The van der Waals surface area contributed by atoms with E-state index in [1.165, 1.54) is 12.1 Å². The van der Waals surface area contributed by atoms with E-state index in [-0.39, 0.29) is 23.3 Å². The van der Waals surface area contributed by atoms with Crippen LogP contribution in [0.3, 0.4) is 0 Å². The normalized spacial score (nSPS) is 27.3. The number of benzene rings is 1. The molecule has 2 N–H and O–H groups in total. The molecule has 0 aliphatic carbocycles. The molecule has 0 bridgehead atoms. The van der Waals surface area contributed by atoms with E-state index in [0.29, 0.717) is 41.6 Å². The lowest BCUT2D eigenvalue weighted by atomic mass is 9.83. The first-order chi connectivity index (χ1) is 15.9. The van der Waals surface area contributed by atoms with E-state index in [9.17, 15) is 14.0 Å². The summed E-state index contributed by atoms with van der Waals surface area (Å²) in [5.74, 6) is -0.443. The van der Waals surface area contributed by atoms with Crippen molar-refractivity contribution in [1.29, 1.82) is 0 Å². The van der Waals surface area contributed by atoms with Crippen LogP contribution in [0.1, 0.15) is 25.1 Å². The molecule has 2 fully saturated rings. The topological polar surface area (TPSA) is 77.7 Å². The molecule has 7 nitrogen and oxygen atoms in total. The number of carbonyl (C=O) groups excluding carboxylic acids is 2. The molecule has 2 amide bonds. The number of nitrogens with one attached hydrogen (secondary N) is 2. The average molecular weight is 453 g/mol. The summed E-state index contributed by atoms with van der Waals surface area (Å²) in [6.45, 7) is 8.93. The van der Waals surface area contributed by atoms with Gasteiger partial charge in [0, 0.05) is 44.0 Å². The Bertz CT molecular complexity index is 1080. The van der Waals surface area contributed by atoms with Crippen LogP contribution in [-0.2, 0) is 14.3 Å². The molecule has 8 heteroatoms. The molecule has 2 atom stereocenters. The van der Waals surface area contributed by atoms with Crippen LogP contribution in [-0.4, -0.2) is 72.0 Å². The van der Waals surface area contributed by atoms with Crippen molar-refractivity contribution in [3.05, 3.63) is 53.6 Å². The number of anilines is 1. The minimum absolute atomic E-state index is 0.182. The molecule has 174 valence electrons. The zero-order valence-electron chi connectivity index (χ0n) is 18.9. The van der Waals surface area contributed by atoms with Crippen molar-refractivity contribution in [1.82, 2.24) is 14.8 Å². The Labute approximate surface area is 192 Å². The molecule has 2 saturated heterocycles. The highest BCUT2D eigenvalue weighted by molar-refractivity contribution is 6.45. The molecule has 1 aromatic carbocycles. The number of aromatic amines is 1. The Morgan fingerprint density at radius 3 is 2.52 bits per heavy atom. The van der Waals surface area contributed by atoms with Crippen LogP contribution in [0.25, 0.3) is 11.1 Å². The lowest BCUT2D eigenvalue weighted by molar-refractivity contribution is -0.130. The van der Waals surface area contributed by atoms with Crippen molar-refractivity contribution in [3.63, 3.8) is 0 Å². The van der Waals surface area contributed by atoms with Gasteiger partial charge in [-0.15, -0.1) is 0 Å². The number of aromatic nitrogens is 1. The van der Waals surface area contributed by atoms with Gasteiger partial charge in [0.05, 0.1) is 35.7 Å². The van der Waals surface area contributed by atoms with Crippen LogP contribution in [0.2, 0.25) is 0 Å². The molecule has 3 aliphatic heterocycles. The number of hydrogen-bond donors (Lipinski definition) is 2. The van der Waals surface area contributed by atoms with E-state index in [1.54, 1.807) is 24.4 Å². The maximum absolute atomic E-state index is 13.9. The number of morpholine rings is 1. The molecule has 33 heavy (non-hydrogen) atoms. The molecular weight excluding hydrogens is 423 g/mol. The first kappa shape index (κ1) is 21.9. The van der Waals surface area contributed by atoms with E-state index in [0.717, 1.165) is 26.3 Å². The van der Waals surface area contributed by atoms with Crippen LogP contribution < -0.4 is 5.32 Å². The number of ether oxygens (including phenoxy) is 1. The van der Waals surface area contributed by atoms with Crippen LogP contribution in [0.15, 0.2) is 36.5 Å². The van der Waals surface area contributed by atoms with Crippen LogP contribution in [0, 0.1) is 17.7 Å². The number of hydrogen-bond acceptors (Lipinski definition) is 4. The van der Waals surface area contributed by atoms with Gasteiger partial charge in [0.1, 0.15) is 5.82 Å². The molecule has 0 saturated carbocycles. The minimum Gasteiger partial charge on any atom is -0.379 e. The SMILES string of the molecule is CC1CN(C(=O)C(=C2C(=O)Nc3cc(F)ccc32)c2ccc[nH]2)CC(C)C1N1CCOCC1. The molecule has 3 aliphatic rings. The smallest absolute Gasteiger partial charge is 0.257 e. The summed E-state index contributed by atoms with van der Waals surface area (Å²) in [4.78, 5) is 34.3. The summed E-state index contributed by atoms with van der Waals surface area (Å²) >= 11 is 0. The average Bonchev–Trinajstić information content (AvgIpc) is 3.42. The highest BCUT2D eigenvalue weighted by Crippen LogP contribution is 2.39. The minimum atomic E-state index is -0.434. The predicted molar refractivity (Wildman–Crippen MR) is 124 cm³/mol. The van der Waals surface area contributed by atoms with Gasteiger partial charge in [-0.3, -0.25) is 14.5 Å². The lowest BCUT2D eigenvalue weighted by Gasteiger charge is -2.47. The van der Waals surface area contributed by atoms with Crippen LogP contribution >= 0.6 is 0 Å². The number of rotatable bonds is 3. The molecule has 4 heterocycles. The monoisotopic (exact) mass is 452 g/mol. The molecule has 1 aromatic heterocycles. The fourth-order valence-corrected chi connectivity index (χ4v) is 5.70. The van der Waals surface area contributed by atoms with E-state index in [1.807, 2.05) is 4.90 Å². The number of piperidine rings is 1. The molecular formula is C25H29FN4O3. The van der Waals surface area contributed by atoms with Gasteiger partial charge in [-0.05, 0) is 42.2 Å². The highest BCUT2D eigenvalue weighted by atomic mass is 19.1. The number of carbonyl (C=O) groups is 2. The van der Waals surface area contributed by atoms with E-state index in [2.05, 4.69) is 29.0 Å². The molecule has 2 unspecified atom stereocenters. The largest absolute Gasteiger partial charge is 0.379 e. The van der Waals surface area contributed by atoms with Crippen molar-refractivity contribution >= 4 is 28.6 Å². The van der Waals surface area contributed by atoms with Gasteiger partial charge in [-0.1, -0.05) is 13.8 Å². The molecule has 2 aromatic rings. The van der Waals surface area contributed by atoms with Gasteiger partial charge in [0.15, 0.2) is 0 Å². The summed E-state index contributed by atoms with van der Waals surface area (Å²) in [6, 6.07) is 8.14. The van der Waals surface area contributed by atoms with Gasteiger partial charge in [-0.2, -0.15) is 0 Å². The Morgan fingerprint density at radius 1 is 1.12 bits per heavy atom. The third kappa shape index (κ3) is 3.98. The number of fused-ring (bicyclic) bond motifs is 1. The Morgan fingerprint density at radius 2 is 1.85 bits per heavy atom. The summed E-state index contributed by atoms with van der Waals surface area (Å²) in [5.41, 5.74) is 2.13. The van der Waals surface area contributed by atoms with Crippen LogP contribution in [0.4, 0.5) is 10.1 Å². The van der Waals surface area contributed by atoms with Gasteiger partial charge in [0.25, 0.3) is 11.8 Å². The third-order valence-electron chi connectivity index (χ3n) is 6.99. The van der Waals surface area contributed by atoms with Gasteiger partial charge in [0.2, 0.25) is 0 Å². The lowest BCUT2D eigenvalue weighted by Crippen LogP contribution is -2.58. The Kier molecular flexibility index (Phi) is 5.80. The first-order valence-electron chi connectivity index (χ1n) is 11.5. The Hall–Kier alpha value is -2.97. The zero-order chi connectivity index (χ0) is 23.1. The number of likely N-dealkylation sites (tertiary alicyclic amines) is 1. The summed E-state index contributed by atoms with van der Waals surface area (Å²) in [5, 5.41) is 2.72. The Balaban J connectivity index is 1.49. The third-order valence-corrected chi connectivity index (χ3v) is 6.99. The summed E-state index contributed by atoms with van der Waals surface area (Å²) in [7, 11) is 0. The van der Waals surface area contributed by atoms with Gasteiger partial charge >= 0.3 is 0 Å². The van der Waals surface area contributed by atoms with Crippen molar-refractivity contribution in [2.45, 2.75) is 19.9 Å². The fraction of sp³-hybridized carbons (Fsp3) is 0.440. The quantitative estimate of drug-likeness (QED) is 0.703. The maximum atomic E-state index is 13.9. The van der Waals surface area contributed by atoms with Crippen molar-refractivity contribution in [3.8, 4) is 0 Å². The van der Waals surface area contributed by atoms with E-state index >= 15 is 0 Å². The van der Waals surface area contributed by atoms with Crippen molar-refractivity contribution in [2.75, 3.05) is 44.7 Å². The van der Waals surface area contributed by atoms with Gasteiger partial charge in [-0.25, -0.2) is 4.39 Å². The zero-order valence-corrected chi connectivity index (χ0v) is 18.9. The fourth-order valence-electron chi connectivity index (χ4n) is 5.70. The predicted octanol–water partition coefficient (Wildman–Crippen LogP) is 2.83. The number of amides is 2. The van der Waals surface area contributed by atoms with Crippen molar-refractivity contribution < 1.29 is 18.7 Å². The number of H-pyrrole nitrogens is 1. The van der Waals surface area contributed by atoms with Crippen molar-refractivity contribution in [2.24, 2.45) is 11.8 Å². The second kappa shape index (κ2) is 8.76. The van der Waals surface area contributed by atoms with Gasteiger partial charge < -0.3 is 19.9 Å². The van der Waals surface area contributed by atoms with Crippen LogP contribution in [0.5, 0.6) is 0 Å². The standard InChI is InChI=1S/C25H29FN4O3/c1-15-13-30(14-16(2)23(15)29-8-10-33-11-9-29)25(32)22(19-4-3-7-27-19)21-18-6-5-17(26)12-20(18)28-24(21)31/h3-7,12,15-16,23,27H,8-11,13-14H2,1-2H3,(H,28,31). The second-order valence-electron chi connectivity index (χ2n) is 9.28. The molecule has 0 spiro atoms. The summed E-state index contributed by atoms with van der Waals surface area (Å²) in [6.07, 6.45) is 1.73. The maximum Gasteiger partial charge on any atom is 0.257 e. The second-order valence-corrected chi connectivity index (χ2v) is 9.28. The number of halogens is 1. The van der Waals surface area contributed by atoms with E-state index < -0.39 is 11.7 Å². The molecule has 5 rings (SSSR count).